The van der Waals surface area contributed by atoms with Crippen molar-refractivity contribution < 1.29 is 14.0 Å². The quantitative estimate of drug-likeness (QED) is 0.607. The van der Waals surface area contributed by atoms with Crippen molar-refractivity contribution in [2.75, 3.05) is 6.26 Å². The van der Waals surface area contributed by atoms with Gasteiger partial charge in [-0.05, 0) is 18.4 Å². The number of hydrogen-bond acceptors (Lipinski definition) is 5. The van der Waals surface area contributed by atoms with E-state index in [4.69, 9.17) is 5.73 Å². The van der Waals surface area contributed by atoms with Gasteiger partial charge in [0.15, 0.2) is 0 Å². The van der Waals surface area contributed by atoms with E-state index in [-0.39, 0.29) is 11.1 Å². The molecule has 2 amide bonds. The summed E-state index contributed by atoms with van der Waals surface area (Å²) in [5.41, 5.74) is 5.37. The fraction of sp³-hybridized carbons (Fsp3) is 0.333. The van der Waals surface area contributed by atoms with Gasteiger partial charge in [-0.2, -0.15) is 0 Å². The average molecular weight is 298 g/mol. The van der Waals surface area contributed by atoms with Gasteiger partial charge in [-0.25, -0.2) is 4.39 Å². The molecule has 0 aromatic heterocycles. The number of benzene rings is 1. The second-order valence-electron chi connectivity index (χ2n) is 4.25. The summed E-state index contributed by atoms with van der Waals surface area (Å²) in [5, 5.41) is 7.99. The third kappa shape index (κ3) is 3.09. The van der Waals surface area contributed by atoms with Crippen LogP contribution in [-0.4, -0.2) is 35.8 Å². The van der Waals surface area contributed by atoms with E-state index < -0.39 is 29.8 Å². The molecule has 1 aromatic rings. The van der Waals surface area contributed by atoms with Crippen molar-refractivity contribution in [1.29, 1.82) is 0 Å². The molecule has 108 valence electrons. The van der Waals surface area contributed by atoms with Crippen LogP contribution in [0.15, 0.2) is 24.3 Å². The smallest absolute Gasteiger partial charge is 0.254 e. The van der Waals surface area contributed by atoms with Gasteiger partial charge in [-0.15, -0.1) is 11.8 Å². The lowest BCUT2D eigenvalue weighted by molar-refractivity contribution is -0.125. The molecule has 0 bridgehead atoms. The topological polar surface area (TPSA) is 96.2 Å². The Morgan fingerprint density at radius 2 is 2.15 bits per heavy atom. The Bertz CT molecular complexity index is 528. The first-order chi connectivity index (χ1) is 9.52. The monoisotopic (exact) mass is 298 g/mol. The Hall–Kier alpha value is -1.64. The van der Waals surface area contributed by atoms with Crippen LogP contribution in [0.4, 0.5) is 4.39 Å². The van der Waals surface area contributed by atoms with E-state index in [9.17, 15) is 14.0 Å². The number of carbonyl (C=O) groups is 2. The summed E-state index contributed by atoms with van der Waals surface area (Å²) in [5.74, 6) is -1.73. The molecule has 2 rings (SSSR count). The zero-order valence-electron chi connectivity index (χ0n) is 10.7. The first kappa shape index (κ1) is 14.8. The molecule has 8 heteroatoms. The molecule has 0 spiro atoms. The molecule has 1 fully saturated rings. The fourth-order valence-corrected chi connectivity index (χ4v) is 2.37. The number of amides is 2. The van der Waals surface area contributed by atoms with Crippen molar-refractivity contribution >= 4 is 23.6 Å². The van der Waals surface area contributed by atoms with Crippen LogP contribution in [0.2, 0.25) is 0 Å². The Balaban J connectivity index is 2.08. The molecule has 0 radical (unpaired) electrons. The van der Waals surface area contributed by atoms with Gasteiger partial charge >= 0.3 is 0 Å². The summed E-state index contributed by atoms with van der Waals surface area (Å²) in [7, 11) is 0. The van der Waals surface area contributed by atoms with Crippen LogP contribution in [0.3, 0.4) is 0 Å². The zero-order valence-corrected chi connectivity index (χ0v) is 11.5. The summed E-state index contributed by atoms with van der Waals surface area (Å²) in [6.07, 6.45) is 1.07. The van der Waals surface area contributed by atoms with Crippen molar-refractivity contribution in [3.05, 3.63) is 35.6 Å². The van der Waals surface area contributed by atoms with Crippen LogP contribution in [0.1, 0.15) is 10.4 Å². The first-order valence-corrected chi connectivity index (χ1v) is 7.22. The van der Waals surface area contributed by atoms with Crippen molar-refractivity contribution in [3.63, 3.8) is 0 Å². The maximum Gasteiger partial charge on any atom is 0.254 e. The molecule has 0 saturated carbocycles. The molecular weight excluding hydrogens is 283 g/mol. The average Bonchev–Trinajstić information content (AvgIpc) is 2.42. The number of nitrogens with one attached hydrogen (secondary N) is 3. The lowest BCUT2D eigenvalue weighted by atomic mass is 10.1. The highest BCUT2D eigenvalue weighted by atomic mass is 32.2. The number of nitrogens with two attached hydrogens (primary N) is 1. The Labute approximate surface area is 119 Å². The molecule has 1 heterocycles. The van der Waals surface area contributed by atoms with E-state index in [1.54, 1.807) is 6.07 Å². The lowest BCUT2D eigenvalue weighted by Crippen LogP contribution is -2.70. The van der Waals surface area contributed by atoms with Gasteiger partial charge in [-0.1, -0.05) is 12.1 Å². The van der Waals surface area contributed by atoms with Gasteiger partial charge in [0.2, 0.25) is 5.91 Å². The largest absolute Gasteiger partial charge is 0.338 e. The lowest BCUT2D eigenvalue weighted by Gasteiger charge is -2.34. The van der Waals surface area contributed by atoms with E-state index in [1.165, 1.54) is 30.0 Å². The Morgan fingerprint density at radius 1 is 1.45 bits per heavy atom. The number of carbonyl (C=O) groups excluding carboxylic acids is 2. The van der Waals surface area contributed by atoms with Gasteiger partial charge in [-0.3, -0.25) is 14.9 Å². The summed E-state index contributed by atoms with van der Waals surface area (Å²) < 4.78 is 13.5. The second-order valence-corrected chi connectivity index (χ2v) is 5.19. The van der Waals surface area contributed by atoms with Crippen LogP contribution in [0.25, 0.3) is 0 Å². The van der Waals surface area contributed by atoms with Gasteiger partial charge in [0, 0.05) is 0 Å². The standard InChI is InChI=1S/C12H15FN4O2S/c1-20-12-16-9(14)8(11(19)17-12)15-10(18)6-4-2-3-5-7(6)13/h2-5,8-9,12,16H,14H2,1H3,(H,15,18)(H,17,19). The van der Waals surface area contributed by atoms with Gasteiger partial charge in [0.05, 0.1) is 11.7 Å². The Kier molecular flexibility index (Phi) is 4.58. The SMILES string of the molecule is CSC1NC(=O)C(NC(=O)c2ccccc2F)C(N)N1. The molecule has 1 saturated heterocycles. The minimum atomic E-state index is -0.953. The number of halogens is 1. The van der Waals surface area contributed by atoms with Crippen molar-refractivity contribution in [2.24, 2.45) is 5.73 Å². The minimum Gasteiger partial charge on any atom is -0.338 e. The predicted molar refractivity (Wildman–Crippen MR) is 74.2 cm³/mol. The fourth-order valence-electron chi connectivity index (χ4n) is 1.84. The van der Waals surface area contributed by atoms with E-state index in [1.807, 2.05) is 6.26 Å². The molecular formula is C12H15FN4O2S. The molecule has 3 atom stereocenters. The van der Waals surface area contributed by atoms with Crippen molar-refractivity contribution in [3.8, 4) is 0 Å². The van der Waals surface area contributed by atoms with Crippen molar-refractivity contribution in [2.45, 2.75) is 17.7 Å². The van der Waals surface area contributed by atoms with Crippen LogP contribution in [-0.2, 0) is 4.79 Å². The van der Waals surface area contributed by atoms with Crippen molar-refractivity contribution in [1.82, 2.24) is 16.0 Å². The third-order valence-electron chi connectivity index (χ3n) is 2.90. The minimum absolute atomic E-state index is 0.125. The Morgan fingerprint density at radius 3 is 2.75 bits per heavy atom. The van der Waals surface area contributed by atoms with Crippen LogP contribution >= 0.6 is 11.8 Å². The highest BCUT2D eigenvalue weighted by molar-refractivity contribution is 7.99. The first-order valence-electron chi connectivity index (χ1n) is 5.93. The maximum atomic E-state index is 13.5. The molecule has 20 heavy (non-hydrogen) atoms. The molecule has 6 nitrogen and oxygen atoms in total. The summed E-state index contributed by atoms with van der Waals surface area (Å²) in [6, 6.07) is 4.59. The summed E-state index contributed by atoms with van der Waals surface area (Å²) in [6.45, 7) is 0. The van der Waals surface area contributed by atoms with E-state index in [2.05, 4.69) is 16.0 Å². The predicted octanol–water partition coefficient (Wildman–Crippen LogP) is -0.425. The van der Waals surface area contributed by atoms with Gasteiger partial charge in [0.25, 0.3) is 5.91 Å². The summed E-state index contributed by atoms with van der Waals surface area (Å²) >= 11 is 1.38. The third-order valence-corrected chi connectivity index (χ3v) is 3.62. The highest BCUT2D eigenvalue weighted by Crippen LogP contribution is 2.09. The number of hydrogen-bond donors (Lipinski definition) is 4. The second kappa shape index (κ2) is 6.21. The molecule has 5 N–H and O–H groups in total. The van der Waals surface area contributed by atoms with Gasteiger partial charge < -0.3 is 16.4 Å². The van der Waals surface area contributed by atoms with Crippen LogP contribution < -0.4 is 21.7 Å². The summed E-state index contributed by atoms with van der Waals surface area (Å²) in [4.78, 5) is 23.8. The van der Waals surface area contributed by atoms with Crippen LogP contribution in [0, 0.1) is 5.82 Å². The molecule has 0 aliphatic carbocycles. The number of thioether (sulfide) groups is 1. The molecule has 1 aromatic carbocycles. The molecule has 3 unspecified atom stereocenters. The van der Waals surface area contributed by atoms with E-state index >= 15 is 0 Å². The normalized spacial score (nSPS) is 25.9. The van der Waals surface area contributed by atoms with Crippen LogP contribution in [0.5, 0.6) is 0 Å². The van der Waals surface area contributed by atoms with Gasteiger partial charge in [0.1, 0.15) is 17.4 Å². The number of rotatable bonds is 3. The zero-order chi connectivity index (χ0) is 14.7. The van der Waals surface area contributed by atoms with E-state index in [0.717, 1.165) is 0 Å². The molecule has 1 aliphatic heterocycles. The van der Waals surface area contributed by atoms with E-state index in [0.29, 0.717) is 0 Å². The highest BCUT2D eigenvalue weighted by Gasteiger charge is 2.35. The molecule has 1 aliphatic rings. The maximum absolute atomic E-state index is 13.5.